The molecular formula is C16H32N2S. The predicted molar refractivity (Wildman–Crippen MR) is 92.6 cm³/mol. The number of hydrogen-bond donors (Lipinski definition) is 0. The zero-order valence-corrected chi connectivity index (χ0v) is 14.9. The highest BCUT2D eigenvalue weighted by atomic mass is 32.1. The van der Waals surface area contributed by atoms with Crippen molar-refractivity contribution < 1.29 is 0 Å². The maximum Gasteiger partial charge on any atom is 0.107 e. The molecule has 0 spiro atoms. The van der Waals surface area contributed by atoms with Gasteiger partial charge in [0.25, 0.3) is 0 Å². The zero-order chi connectivity index (χ0) is 15.8. The summed E-state index contributed by atoms with van der Waals surface area (Å²) in [7, 11) is 0. The van der Waals surface area contributed by atoms with Crippen molar-refractivity contribution in [2.75, 3.05) is 0 Å². The van der Waals surface area contributed by atoms with Crippen LogP contribution in [0, 0.1) is 0 Å². The molecule has 112 valence electrons. The van der Waals surface area contributed by atoms with Crippen molar-refractivity contribution in [2.24, 2.45) is 0 Å². The summed E-state index contributed by atoms with van der Waals surface area (Å²) in [5.41, 5.74) is 3.94. The summed E-state index contributed by atoms with van der Waals surface area (Å²) in [4.78, 5) is 0. The summed E-state index contributed by atoms with van der Waals surface area (Å²) in [6.45, 7) is 24.1. The van der Waals surface area contributed by atoms with E-state index in [1.807, 2.05) is 41.5 Å². The van der Waals surface area contributed by atoms with E-state index in [9.17, 15) is 0 Å². The fourth-order valence-corrected chi connectivity index (χ4v) is 1.62. The summed E-state index contributed by atoms with van der Waals surface area (Å²) >= 11 is 1.23. The number of aromatic nitrogens is 2. The van der Waals surface area contributed by atoms with Gasteiger partial charge >= 0.3 is 0 Å². The van der Waals surface area contributed by atoms with Crippen molar-refractivity contribution in [3.8, 4) is 0 Å². The number of hydrogen-bond acceptors (Lipinski definition) is 3. The normalized spacial score (nSPS) is 7.79. The molecule has 19 heavy (non-hydrogen) atoms. The molecule has 0 unspecified atom stereocenters. The third kappa shape index (κ3) is 8.71. The molecular weight excluding hydrogens is 252 g/mol. The van der Waals surface area contributed by atoms with Gasteiger partial charge in [0.2, 0.25) is 0 Å². The Hall–Kier alpha value is -0.960. The van der Waals surface area contributed by atoms with Crippen LogP contribution in [0.1, 0.15) is 79.6 Å². The predicted octanol–water partition coefficient (Wildman–Crippen LogP) is 6.46. The summed E-state index contributed by atoms with van der Waals surface area (Å²) < 4.78 is 8.45. The second-order valence-corrected chi connectivity index (χ2v) is 3.40. The van der Waals surface area contributed by atoms with Gasteiger partial charge in [-0.1, -0.05) is 68.5 Å². The molecule has 0 aliphatic heterocycles. The van der Waals surface area contributed by atoms with Gasteiger partial charge < -0.3 is 0 Å². The Labute approximate surface area is 125 Å². The standard InChI is InChI=1S/C10H14N2S.3C2H6/c1-5-7(3)9-10(8(4)6-2)12-13-11-9;3*1-2/h3-6H2,1-2H3;3*1-2H3. The molecule has 1 aromatic heterocycles. The molecule has 0 N–H and O–H groups in total. The average Bonchev–Trinajstić information content (AvgIpc) is 3.01. The molecule has 0 amide bonds. The average molecular weight is 285 g/mol. The van der Waals surface area contributed by atoms with Crippen LogP contribution >= 0.6 is 11.7 Å². The fraction of sp³-hybridized carbons (Fsp3) is 0.625. The molecule has 2 nitrogen and oxygen atoms in total. The van der Waals surface area contributed by atoms with E-state index in [0.717, 1.165) is 35.4 Å². The SMILES string of the molecule is C=C(CC)c1nsnc1C(=C)CC.CC.CC.CC. The number of allylic oxidation sites excluding steroid dienone is 2. The van der Waals surface area contributed by atoms with Crippen molar-refractivity contribution in [3.63, 3.8) is 0 Å². The van der Waals surface area contributed by atoms with E-state index in [2.05, 4.69) is 35.8 Å². The number of rotatable bonds is 4. The molecule has 1 rings (SSSR count). The van der Waals surface area contributed by atoms with Crippen molar-refractivity contribution >= 4 is 22.9 Å². The van der Waals surface area contributed by atoms with Gasteiger partial charge in [0.05, 0.1) is 11.7 Å². The molecule has 0 aliphatic rings. The van der Waals surface area contributed by atoms with Crippen molar-refractivity contribution in [2.45, 2.75) is 68.2 Å². The van der Waals surface area contributed by atoms with Gasteiger partial charge in [-0.2, -0.15) is 8.75 Å². The third-order valence-electron chi connectivity index (χ3n) is 2.01. The largest absolute Gasteiger partial charge is 0.173 e. The molecule has 1 aromatic rings. The Bertz CT molecular complexity index is 297. The van der Waals surface area contributed by atoms with Gasteiger partial charge in [0.15, 0.2) is 0 Å². The summed E-state index contributed by atoms with van der Waals surface area (Å²) in [5.74, 6) is 0. The van der Waals surface area contributed by atoms with Crippen molar-refractivity contribution in [1.29, 1.82) is 0 Å². The Morgan fingerprint density at radius 2 is 1.05 bits per heavy atom. The van der Waals surface area contributed by atoms with Gasteiger partial charge in [-0.05, 0) is 24.0 Å². The first-order valence-electron chi connectivity index (χ1n) is 7.39. The molecule has 1 heterocycles. The monoisotopic (exact) mass is 284 g/mol. The van der Waals surface area contributed by atoms with Crippen LogP contribution in [-0.4, -0.2) is 8.75 Å². The van der Waals surface area contributed by atoms with Crippen LogP contribution in [0.3, 0.4) is 0 Å². The van der Waals surface area contributed by atoms with Crippen LogP contribution in [0.15, 0.2) is 13.2 Å². The molecule has 0 atom stereocenters. The smallest absolute Gasteiger partial charge is 0.107 e. The van der Waals surface area contributed by atoms with Crippen molar-refractivity contribution in [1.82, 2.24) is 8.75 Å². The van der Waals surface area contributed by atoms with E-state index in [4.69, 9.17) is 0 Å². The molecule has 0 aliphatic carbocycles. The summed E-state index contributed by atoms with van der Waals surface area (Å²) in [6.07, 6.45) is 1.82. The van der Waals surface area contributed by atoms with Gasteiger partial charge in [-0.3, -0.25) is 0 Å². The molecule has 0 saturated heterocycles. The van der Waals surface area contributed by atoms with Gasteiger partial charge in [-0.15, -0.1) is 0 Å². The van der Waals surface area contributed by atoms with E-state index >= 15 is 0 Å². The van der Waals surface area contributed by atoms with Crippen LogP contribution in [0.25, 0.3) is 11.1 Å². The third-order valence-corrected chi connectivity index (χ3v) is 2.54. The minimum atomic E-state index is 0.912. The van der Waals surface area contributed by atoms with Crippen molar-refractivity contribution in [3.05, 3.63) is 24.5 Å². The summed E-state index contributed by atoms with van der Waals surface area (Å²) in [5, 5.41) is 0. The van der Waals surface area contributed by atoms with E-state index in [1.54, 1.807) is 0 Å². The van der Waals surface area contributed by atoms with E-state index in [0.29, 0.717) is 0 Å². The second kappa shape index (κ2) is 17.0. The van der Waals surface area contributed by atoms with Gasteiger partial charge in [0.1, 0.15) is 11.4 Å². The molecule has 0 saturated carbocycles. The Balaban J connectivity index is -0.000000375. The van der Waals surface area contributed by atoms with Crippen LogP contribution in [-0.2, 0) is 0 Å². The first-order chi connectivity index (χ1) is 9.20. The lowest BCUT2D eigenvalue weighted by atomic mass is 10.0. The first kappa shape index (κ1) is 23.2. The minimum absolute atomic E-state index is 0.912. The van der Waals surface area contributed by atoms with Crippen LogP contribution in [0.4, 0.5) is 0 Å². The maximum atomic E-state index is 4.23. The Morgan fingerprint density at radius 3 is 1.26 bits per heavy atom. The lowest BCUT2D eigenvalue weighted by Gasteiger charge is -2.02. The van der Waals surface area contributed by atoms with Gasteiger partial charge in [0, 0.05) is 0 Å². The topological polar surface area (TPSA) is 25.8 Å². The quantitative estimate of drug-likeness (QED) is 0.633. The highest BCUT2D eigenvalue weighted by Gasteiger charge is 2.11. The molecule has 0 bridgehead atoms. The molecule has 3 heteroatoms. The number of nitrogens with zero attached hydrogens (tertiary/aromatic N) is 2. The minimum Gasteiger partial charge on any atom is -0.173 e. The second-order valence-electron chi connectivity index (χ2n) is 2.88. The Kier molecular flexibility index (Phi) is 20.8. The molecule has 0 radical (unpaired) electrons. The van der Waals surface area contributed by atoms with E-state index < -0.39 is 0 Å². The van der Waals surface area contributed by atoms with Gasteiger partial charge in [-0.25, -0.2) is 0 Å². The zero-order valence-electron chi connectivity index (χ0n) is 14.1. The highest BCUT2D eigenvalue weighted by molar-refractivity contribution is 6.99. The Morgan fingerprint density at radius 1 is 0.789 bits per heavy atom. The fourth-order valence-electron chi connectivity index (χ4n) is 0.987. The lowest BCUT2D eigenvalue weighted by Crippen LogP contribution is -1.89. The lowest BCUT2D eigenvalue weighted by molar-refractivity contribution is 1.18. The van der Waals surface area contributed by atoms with E-state index in [1.165, 1.54) is 11.7 Å². The van der Waals surface area contributed by atoms with Crippen LogP contribution in [0.5, 0.6) is 0 Å². The van der Waals surface area contributed by atoms with E-state index in [-0.39, 0.29) is 0 Å². The van der Waals surface area contributed by atoms with Crippen LogP contribution < -0.4 is 0 Å². The maximum absolute atomic E-state index is 4.23. The molecule has 0 fully saturated rings. The molecule has 0 aromatic carbocycles. The highest BCUT2D eigenvalue weighted by Crippen LogP contribution is 2.24. The summed E-state index contributed by atoms with van der Waals surface area (Å²) in [6, 6.07) is 0. The van der Waals surface area contributed by atoms with Crippen LogP contribution in [0.2, 0.25) is 0 Å². The first-order valence-corrected chi connectivity index (χ1v) is 8.12.